The Bertz CT molecular complexity index is 2410. The molecule has 7 heteroatoms. The lowest BCUT2D eigenvalue weighted by molar-refractivity contribution is 0.671. The second kappa shape index (κ2) is 8.78. The fourth-order valence-electron chi connectivity index (χ4n) is 5.84. The second-order valence-corrected chi connectivity index (χ2v) is 10.2. The van der Waals surface area contributed by atoms with Gasteiger partial charge in [0.25, 0.3) is 0 Å². The Morgan fingerprint density at radius 3 is 1.86 bits per heavy atom. The van der Waals surface area contributed by atoms with E-state index in [0.29, 0.717) is 17.6 Å². The Kier molecular flexibility index (Phi) is 4.77. The zero-order valence-electron chi connectivity index (χ0n) is 22.1. The molecular formula is C35H20N6O. The van der Waals surface area contributed by atoms with Gasteiger partial charge >= 0.3 is 0 Å². The van der Waals surface area contributed by atoms with Crippen molar-refractivity contribution in [3.8, 4) is 28.7 Å². The lowest BCUT2D eigenvalue weighted by atomic mass is 10.1. The molecule has 0 saturated carbocycles. The molecule has 0 aliphatic heterocycles. The number of hydrogen-bond acceptors (Lipinski definition) is 6. The Hall–Kier alpha value is -5.95. The molecule has 9 rings (SSSR count). The van der Waals surface area contributed by atoms with Crippen LogP contribution in [0.25, 0.3) is 83.5 Å². The van der Waals surface area contributed by atoms with E-state index in [1.165, 1.54) is 0 Å². The van der Waals surface area contributed by atoms with Crippen LogP contribution >= 0.6 is 0 Å². The fourth-order valence-corrected chi connectivity index (χ4v) is 5.84. The molecule has 7 nitrogen and oxygen atoms in total. The highest BCUT2D eigenvalue weighted by atomic mass is 16.3. The third kappa shape index (κ3) is 3.37. The van der Waals surface area contributed by atoms with Crippen molar-refractivity contribution in [3.63, 3.8) is 0 Å². The van der Waals surface area contributed by atoms with Crippen LogP contribution in [0.4, 0.5) is 0 Å². The molecule has 42 heavy (non-hydrogen) atoms. The quantitative estimate of drug-likeness (QED) is 0.225. The lowest BCUT2D eigenvalue weighted by Crippen LogP contribution is -2.06. The van der Waals surface area contributed by atoms with Crippen LogP contribution in [0.2, 0.25) is 0 Å². The normalized spacial score (nSPS) is 11.8. The van der Waals surface area contributed by atoms with Gasteiger partial charge in [0.2, 0.25) is 5.95 Å². The van der Waals surface area contributed by atoms with E-state index in [0.717, 1.165) is 65.9 Å². The van der Waals surface area contributed by atoms with Crippen LogP contribution < -0.4 is 0 Å². The average Bonchev–Trinajstić information content (AvgIpc) is 3.59. The first-order valence-corrected chi connectivity index (χ1v) is 13.7. The van der Waals surface area contributed by atoms with Gasteiger partial charge in [-0.25, -0.2) is 4.98 Å². The summed E-state index contributed by atoms with van der Waals surface area (Å²) in [4.78, 5) is 24.0. The maximum atomic E-state index is 6.64. The largest absolute Gasteiger partial charge is 0.454 e. The van der Waals surface area contributed by atoms with Crippen molar-refractivity contribution in [2.75, 3.05) is 0 Å². The van der Waals surface area contributed by atoms with Crippen LogP contribution in [0, 0.1) is 0 Å². The van der Waals surface area contributed by atoms with E-state index < -0.39 is 0 Å². The number of furan rings is 1. The lowest BCUT2D eigenvalue weighted by Gasteiger charge is -2.11. The third-order valence-electron chi connectivity index (χ3n) is 7.75. The summed E-state index contributed by atoms with van der Waals surface area (Å²) in [6.07, 6.45) is 3.41. The van der Waals surface area contributed by atoms with Crippen molar-refractivity contribution in [3.05, 3.63) is 122 Å². The first-order chi connectivity index (χ1) is 20.8. The summed E-state index contributed by atoms with van der Waals surface area (Å²) in [5.41, 5.74) is 6.85. The highest BCUT2D eigenvalue weighted by Crippen LogP contribution is 2.40. The second-order valence-electron chi connectivity index (χ2n) is 10.2. The molecule has 0 aliphatic rings. The van der Waals surface area contributed by atoms with Crippen molar-refractivity contribution in [2.24, 2.45) is 0 Å². The molecule has 4 aromatic heterocycles. The topological polar surface area (TPSA) is 82.5 Å². The molecule has 0 fully saturated rings. The summed E-state index contributed by atoms with van der Waals surface area (Å²) < 4.78 is 8.74. The Morgan fingerprint density at radius 2 is 1.14 bits per heavy atom. The molecule has 0 radical (unpaired) electrons. The molecular weight excluding hydrogens is 520 g/mol. The number of benzene rings is 5. The molecule has 5 aromatic carbocycles. The molecule has 0 spiro atoms. The molecule has 0 saturated heterocycles. The molecule has 0 unspecified atom stereocenters. The van der Waals surface area contributed by atoms with E-state index in [1.54, 1.807) is 12.4 Å². The predicted octanol–water partition coefficient (Wildman–Crippen LogP) is 8.15. The third-order valence-corrected chi connectivity index (χ3v) is 7.75. The monoisotopic (exact) mass is 540 g/mol. The van der Waals surface area contributed by atoms with Crippen molar-refractivity contribution >= 4 is 54.8 Å². The number of aromatic nitrogens is 6. The van der Waals surface area contributed by atoms with Crippen LogP contribution in [0.15, 0.2) is 126 Å². The Balaban J connectivity index is 1.42. The van der Waals surface area contributed by atoms with Gasteiger partial charge in [0, 0.05) is 51.1 Å². The van der Waals surface area contributed by atoms with Gasteiger partial charge in [-0.2, -0.15) is 9.97 Å². The minimum absolute atomic E-state index is 0.523. The van der Waals surface area contributed by atoms with Crippen molar-refractivity contribution < 1.29 is 4.42 Å². The summed E-state index contributed by atoms with van der Waals surface area (Å²) in [6.45, 7) is 0. The van der Waals surface area contributed by atoms with Crippen LogP contribution in [0.5, 0.6) is 0 Å². The van der Waals surface area contributed by atoms with Crippen molar-refractivity contribution in [1.29, 1.82) is 0 Å². The summed E-state index contributed by atoms with van der Waals surface area (Å²) in [5.74, 6) is 1.73. The first-order valence-electron chi connectivity index (χ1n) is 13.7. The summed E-state index contributed by atoms with van der Waals surface area (Å²) in [5, 5.41) is 4.13. The Labute approximate surface area is 238 Å². The fraction of sp³-hybridized carbons (Fsp3) is 0. The van der Waals surface area contributed by atoms with Gasteiger partial charge < -0.3 is 4.42 Å². The molecule has 0 amide bonds. The molecule has 4 heterocycles. The van der Waals surface area contributed by atoms with E-state index in [9.17, 15) is 0 Å². The SMILES string of the molecule is c1ccc(-c2nc(-c3ccccc3)nc(-n3c4ccccc4c4ccc5c6cc7nccnc7cc6oc5c43)n2)cc1. The van der Waals surface area contributed by atoms with E-state index >= 15 is 0 Å². The maximum absolute atomic E-state index is 6.64. The summed E-state index contributed by atoms with van der Waals surface area (Å²) >= 11 is 0. The van der Waals surface area contributed by atoms with Crippen LogP contribution in [-0.2, 0) is 0 Å². The van der Waals surface area contributed by atoms with E-state index in [4.69, 9.17) is 19.4 Å². The maximum Gasteiger partial charge on any atom is 0.238 e. The average molecular weight is 541 g/mol. The van der Waals surface area contributed by atoms with E-state index in [2.05, 4.69) is 44.9 Å². The first kappa shape index (κ1) is 22.8. The number of para-hydroxylation sites is 1. The van der Waals surface area contributed by atoms with E-state index in [1.807, 2.05) is 78.9 Å². The van der Waals surface area contributed by atoms with Crippen LogP contribution in [-0.4, -0.2) is 29.5 Å². The number of hydrogen-bond donors (Lipinski definition) is 0. The van der Waals surface area contributed by atoms with Gasteiger partial charge in [-0.15, -0.1) is 0 Å². The van der Waals surface area contributed by atoms with Gasteiger partial charge in [0.1, 0.15) is 11.1 Å². The number of nitrogens with zero attached hydrogens (tertiary/aromatic N) is 6. The molecule has 0 bridgehead atoms. The minimum Gasteiger partial charge on any atom is -0.454 e. The van der Waals surface area contributed by atoms with Gasteiger partial charge in [-0.05, 0) is 18.2 Å². The number of fused-ring (bicyclic) bond motifs is 8. The molecule has 0 aliphatic carbocycles. The predicted molar refractivity (Wildman–Crippen MR) is 165 cm³/mol. The van der Waals surface area contributed by atoms with Gasteiger partial charge in [-0.3, -0.25) is 14.5 Å². The zero-order valence-corrected chi connectivity index (χ0v) is 22.1. The number of rotatable bonds is 3. The smallest absolute Gasteiger partial charge is 0.238 e. The molecule has 9 aromatic rings. The summed E-state index contributed by atoms with van der Waals surface area (Å²) in [6, 6.07) is 36.6. The van der Waals surface area contributed by atoms with Crippen LogP contribution in [0.3, 0.4) is 0 Å². The van der Waals surface area contributed by atoms with Gasteiger partial charge in [0.15, 0.2) is 17.2 Å². The van der Waals surface area contributed by atoms with Crippen molar-refractivity contribution in [1.82, 2.24) is 29.5 Å². The Morgan fingerprint density at radius 1 is 0.524 bits per heavy atom. The highest BCUT2D eigenvalue weighted by Gasteiger charge is 2.22. The minimum atomic E-state index is 0.523. The van der Waals surface area contributed by atoms with Gasteiger partial charge in [0.05, 0.1) is 16.6 Å². The van der Waals surface area contributed by atoms with Crippen molar-refractivity contribution in [2.45, 2.75) is 0 Å². The molecule has 0 N–H and O–H groups in total. The van der Waals surface area contributed by atoms with E-state index in [-0.39, 0.29) is 0 Å². The van der Waals surface area contributed by atoms with Gasteiger partial charge in [-0.1, -0.05) is 84.9 Å². The zero-order chi connectivity index (χ0) is 27.6. The molecule has 196 valence electrons. The highest BCUT2D eigenvalue weighted by molar-refractivity contribution is 6.22. The summed E-state index contributed by atoms with van der Waals surface area (Å²) in [7, 11) is 0. The standard InChI is InChI=1S/C35H20N6O/c1-3-9-21(10-4-1)33-38-34(22-11-5-2-6-12-22)40-35(39-33)41-29-14-8-7-13-23(29)24-15-16-25-26-19-27-28(37-18-17-36-27)20-30(26)42-32(25)31(24)41/h1-20H. The molecule has 0 atom stereocenters. The van der Waals surface area contributed by atoms with Crippen LogP contribution in [0.1, 0.15) is 0 Å².